The van der Waals surface area contributed by atoms with E-state index >= 15 is 0 Å². The Kier molecular flexibility index (Phi) is 1.85. The Balaban J connectivity index is 2.16. The average molecular weight is 175 g/mol. The smallest absolute Gasteiger partial charge is 0.150 e. The summed E-state index contributed by atoms with van der Waals surface area (Å²) < 4.78 is 5.01. The normalized spacial score (nSPS) is 19.2. The molecule has 0 saturated heterocycles. The third-order valence-electron chi connectivity index (χ3n) is 2.01. The zero-order valence-corrected chi connectivity index (χ0v) is 7.23. The Bertz CT molecular complexity index is 354. The predicted octanol–water partition coefficient (Wildman–Crippen LogP) is 1.07. The molecule has 13 heavy (non-hydrogen) atoms. The number of carbonyl (C=O) groups is 1. The number of aliphatic imine (C=N–C) groups is 1. The van der Waals surface area contributed by atoms with Crippen LogP contribution < -0.4 is 4.74 Å². The van der Waals surface area contributed by atoms with E-state index in [4.69, 9.17) is 4.74 Å². The SMILES string of the molecule is COc1ccc(C2=NC2C=O)cc1. The first kappa shape index (κ1) is 7.98. The second-order valence-electron chi connectivity index (χ2n) is 2.82. The van der Waals surface area contributed by atoms with Crippen LogP contribution in [0.15, 0.2) is 29.3 Å². The van der Waals surface area contributed by atoms with Crippen molar-refractivity contribution in [2.75, 3.05) is 7.11 Å². The van der Waals surface area contributed by atoms with Gasteiger partial charge < -0.3 is 9.53 Å². The Hall–Kier alpha value is -1.64. The molecule has 0 saturated carbocycles. The van der Waals surface area contributed by atoms with E-state index in [1.54, 1.807) is 7.11 Å². The number of benzene rings is 1. The Morgan fingerprint density at radius 1 is 1.38 bits per heavy atom. The van der Waals surface area contributed by atoms with E-state index in [0.29, 0.717) is 0 Å². The highest BCUT2D eigenvalue weighted by atomic mass is 16.5. The van der Waals surface area contributed by atoms with Gasteiger partial charge in [-0.3, -0.25) is 4.99 Å². The fraction of sp³-hybridized carbons (Fsp3) is 0.200. The molecule has 2 rings (SSSR count). The van der Waals surface area contributed by atoms with Crippen LogP contribution in [0.25, 0.3) is 0 Å². The summed E-state index contributed by atoms with van der Waals surface area (Å²) in [4.78, 5) is 14.3. The number of hydrogen-bond donors (Lipinski definition) is 0. The van der Waals surface area contributed by atoms with Crippen LogP contribution in [0.2, 0.25) is 0 Å². The van der Waals surface area contributed by atoms with Gasteiger partial charge in [-0.1, -0.05) is 0 Å². The van der Waals surface area contributed by atoms with Crippen molar-refractivity contribution in [1.29, 1.82) is 0 Å². The third kappa shape index (κ3) is 1.45. The second kappa shape index (κ2) is 3.01. The molecule has 1 aliphatic rings. The van der Waals surface area contributed by atoms with Gasteiger partial charge in [0, 0.05) is 0 Å². The summed E-state index contributed by atoms with van der Waals surface area (Å²) in [5.74, 6) is 0.813. The molecule has 1 unspecified atom stereocenters. The predicted molar refractivity (Wildman–Crippen MR) is 49.4 cm³/mol. The monoisotopic (exact) mass is 175 g/mol. The maximum Gasteiger partial charge on any atom is 0.150 e. The van der Waals surface area contributed by atoms with E-state index in [1.807, 2.05) is 24.3 Å². The lowest BCUT2D eigenvalue weighted by molar-refractivity contribution is -0.107. The first-order valence-electron chi connectivity index (χ1n) is 4.02. The molecule has 1 atom stereocenters. The van der Waals surface area contributed by atoms with Gasteiger partial charge in [-0.25, -0.2) is 0 Å². The summed E-state index contributed by atoms with van der Waals surface area (Å²) in [6.45, 7) is 0. The van der Waals surface area contributed by atoms with Crippen LogP contribution in [0.4, 0.5) is 0 Å². The molecule has 3 nitrogen and oxygen atoms in total. The van der Waals surface area contributed by atoms with Gasteiger partial charge in [-0.05, 0) is 29.8 Å². The number of ether oxygens (including phenoxy) is 1. The summed E-state index contributed by atoms with van der Waals surface area (Å²) in [7, 11) is 1.62. The fourth-order valence-corrected chi connectivity index (χ4v) is 1.21. The molecular weight excluding hydrogens is 166 g/mol. The molecule has 0 amide bonds. The van der Waals surface area contributed by atoms with E-state index in [2.05, 4.69) is 4.99 Å². The summed E-state index contributed by atoms with van der Waals surface area (Å²) in [6.07, 6.45) is 0.847. The van der Waals surface area contributed by atoms with E-state index in [1.165, 1.54) is 0 Å². The van der Waals surface area contributed by atoms with E-state index < -0.39 is 0 Å². The van der Waals surface area contributed by atoms with Crippen LogP contribution in [-0.2, 0) is 4.79 Å². The van der Waals surface area contributed by atoms with Gasteiger partial charge in [0.15, 0.2) is 6.29 Å². The Morgan fingerprint density at radius 2 is 2.08 bits per heavy atom. The molecule has 0 aromatic heterocycles. The van der Waals surface area contributed by atoms with Gasteiger partial charge in [-0.15, -0.1) is 0 Å². The van der Waals surface area contributed by atoms with Gasteiger partial charge in [-0.2, -0.15) is 0 Å². The van der Waals surface area contributed by atoms with Crippen LogP contribution in [0.1, 0.15) is 5.56 Å². The third-order valence-corrected chi connectivity index (χ3v) is 2.01. The number of hydrogen-bond acceptors (Lipinski definition) is 3. The highest BCUT2D eigenvalue weighted by molar-refractivity contribution is 6.21. The molecule has 0 N–H and O–H groups in total. The van der Waals surface area contributed by atoms with Crippen molar-refractivity contribution in [3.63, 3.8) is 0 Å². The summed E-state index contributed by atoms with van der Waals surface area (Å²) in [6, 6.07) is 7.33. The van der Waals surface area contributed by atoms with Crippen molar-refractivity contribution < 1.29 is 9.53 Å². The second-order valence-corrected chi connectivity index (χ2v) is 2.82. The lowest BCUT2D eigenvalue weighted by atomic mass is 10.1. The lowest BCUT2D eigenvalue weighted by Crippen LogP contribution is -1.99. The molecule has 0 fully saturated rings. The van der Waals surface area contributed by atoms with Crippen molar-refractivity contribution in [3.05, 3.63) is 29.8 Å². The molecule has 0 bridgehead atoms. The maximum atomic E-state index is 10.3. The van der Waals surface area contributed by atoms with Crippen LogP contribution in [0, 0.1) is 0 Å². The minimum Gasteiger partial charge on any atom is -0.497 e. The first-order chi connectivity index (χ1) is 6.35. The van der Waals surface area contributed by atoms with Gasteiger partial charge >= 0.3 is 0 Å². The maximum absolute atomic E-state index is 10.3. The van der Waals surface area contributed by atoms with Gasteiger partial charge in [0.25, 0.3) is 0 Å². The van der Waals surface area contributed by atoms with Crippen molar-refractivity contribution in [3.8, 4) is 5.75 Å². The number of carbonyl (C=O) groups excluding carboxylic acids is 1. The summed E-state index contributed by atoms with van der Waals surface area (Å²) >= 11 is 0. The molecule has 66 valence electrons. The van der Waals surface area contributed by atoms with Crippen molar-refractivity contribution in [2.45, 2.75) is 6.04 Å². The quantitative estimate of drug-likeness (QED) is 0.644. The molecule has 0 radical (unpaired) electrons. The highest BCUT2D eigenvalue weighted by Gasteiger charge is 2.27. The van der Waals surface area contributed by atoms with Crippen molar-refractivity contribution in [2.24, 2.45) is 4.99 Å². The van der Waals surface area contributed by atoms with Gasteiger partial charge in [0.1, 0.15) is 11.8 Å². The zero-order chi connectivity index (χ0) is 9.26. The average Bonchev–Trinajstić information content (AvgIpc) is 2.97. The Morgan fingerprint density at radius 3 is 2.54 bits per heavy atom. The largest absolute Gasteiger partial charge is 0.497 e. The van der Waals surface area contributed by atoms with Crippen LogP contribution in [0.5, 0.6) is 5.75 Å². The van der Waals surface area contributed by atoms with Crippen LogP contribution >= 0.6 is 0 Å². The molecule has 0 spiro atoms. The molecule has 1 aromatic carbocycles. The van der Waals surface area contributed by atoms with E-state index in [0.717, 1.165) is 23.3 Å². The molecule has 1 aliphatic heterocycles. The number of aldehydes is 1. The number of methoxy groups -OCH3 is 1. The van der Waals surface area contributed by atoms with Gasteiger partial charge in [0.2, 0.25) is 0 Å². The summed E-state index contributed by atoms with van der Waals surface area (Å²) in [5, 5.41) is 0. The number of nitrogens with zero attached hydrogens (tertiary/aromatic N) is 1. The van der Waals surface area contributed by atoms with E-state index in [-0.39, 0.29) is 6.04 Å². The molecule has 3 heteroatoms. The van der Waals surface area contributed by atoms with Crippen LogP contribution in [0.3, 0.4) is 0 Å². The first-order valence-corrected chi connectivity index (χ1v) is 4.02. The fourth-order valence-electron chi connectivity index (χ4n) is 1.21. The summed E-state index contributed by atoms with van der Waals surface area (Å²) in [5.41, 5.74) is 1.87. The van der Waals surface area contributed by atoms with Gasteiger partial charge in [0.05, 0.1) is 12.8 Å². The molecule has 0 aliphatic carbocycles. The molecular formula is C10H9NO2. The topological polar surface area (TPSA) is 38.7 Å². The van der Waals surface area contributed by atoms with Crippen molar-refractivity contribution in [1.82, 2.24) is 0 Å². The van der Waals surface area contributed by atoms with E-state index in [9.17, 15) is 4.79 Å². The molecule has 1 aromatic rings. The molecule has 1 heterocycles. The zero-order valence-electron chi connectivity index (χ0n) is 7.23. The van der Waals surface area contributed by atoms with Crippen molar-refractivity contribution >= 4 is 12.0 Å². The lowest BCUT2D eigenvalue weighted by Gasteiger charge is -1.98. The Labute approximate surface area is 76.1 Å². The highest BCUT2D eigenvalue weighted by Crippen LogP contribution is 2.20. The number of rotatable bonds is 3. The standard InChI is InChI=1S/C10H9NO2/c1-13-8-4-2-7(3-5-8)10-9(6-12)11-10/h2-6,9H,1H3. The van der Waals surface area contributed by atoms with Crippen LogP contribution in [-0.4, -0.2) is 25.1 Å². The minimum absolute atomic E-state index is 0.201. The minimum atomic E-state index is -0.201.